The molecule has 110 valence electrons. The summed E-state index contributed by atoms with van der Waals surface area (Å²) in [5.41, 5.74) is 5.29. The van der Waals surface area contributed by atoms with Gasteiger partial charge in [0, 0.05) is 11.5 Å². The Hall–Kier alpha value is -1.06. The van der Waals surface area contributed by atoms with Gasteiger partial charge < -0.3 is 11.1 Å². The highest BCUT2D eigenvalue weighted by Gasteiger charge is 2.60. The van der Waals surface area contributed by atoms with Crippen LogP contribution in [0, 0.1) is 23.2 Å². The summed E-state index contributed by atoms with van der Waals surface area (Å²) in [6, 6.07) is 0. The van der Waals surface area contributed by atoms with Gasteiger partial charge in [-0.05, 0) is 63.2 Å². The van der Waals surface area contributed by atoms with Gasteiger partial charge in [0.1, 0.15) is 0 Å². The van der Waals surface area contributed by atoms with Gasteiger partial charge in [-0.1, -0.05) is 6.42 Å². The number of hydrogen-bond donors (Lipinski definition) is 2. The molecule has 0 aromatic carbocycles. The van der Waals surface area contributed by atoms with Crippen molar-refractivity contribution in [2.75, 3.05) is 0 Å². The van der Waals surface area contributed by atoms with Crippen LogP contribution in [0.25, 0.3) is 0 Å². The molecule has 0 aromatic rings. The summed E-state index contributed by atoms with van der Waals surface area (Å²) in [6.07, 6.45) is 9.33. The van der Waals surface area contributed by atoms with Gasteiger partial charge in [0.25, 0.3) is 0 Å². The first-order valence-electron chi connectivity index (χ1n) is 8.12. The highest BCUT2D eigenvalue weighted by Crippen LogP contribution is 2.61. The highest BCUT2D eigenvalue weighted by molar-refractivity contribution is 5.83. The van der Waals surface area contributed by atoms with Crippen molar-refractivity contribution in [3.05, 3.63) is 0 Å². The predicted molar refractivity (Wildman–Crippen MR) is 74.5 cm³/mol. The van der Waals surface area contributed by atoms with Crippen molar-refractivity contribution < 1.29 is 9.59 Å². The van der Waals surface area contributed by atoms with E-state index in [0.717, 1.165) is 44.9 Å². The van der Waals surface area contributed by atoms with Crippen molar-refractivity contribution in [1.29, 1.82) is 0 Å². The van der Waals surface area contributed by atoms with Gasteiger partial charge in [-0.25, -0.2) is 0 Å². The molecular weight excluding hydrogens is 252 g/mol. The normalized spacial score (nSPS) is 46.0. The molecule has 5 saturated carbocycles. The van der Waals surface area contributed by atoms with Crippen LogP contribution in [0.2, 0.25) is 0 Å². The molecule has 4 bridgehead atoms. The fraction of sp³-hybridized carbons (Fsp3) is 0.875. The van der Waals surface area contributed by atoms with Crippen molar-refractivity contribution in [2.45, 2.75) is 63.3 Å². The molecule has 5 rings (SSSR count). The van der Waals surface area contributed by atoms with Crippen LogP contribution in [0.1, 0.15) is 57.8 Å². The van der Waals surface area contributed by atoms with Gasteiger partial charge in [-0.15, -0.1) is 0 Å². The molecule has 2 atom stereocenters. The van der Waals surface area contributed by atoms with E-state index < -0.39 is 0 Å². The Morgan fingerprint density at radius 3 is 2.20 bits per heavy atom. The van der Waals surface area contributed by atoms with Gasteiger partial charge in [0.15, 0.2) is 0 Å². The molecular formula is C16H24N2O2. The molecule has 0 aliphatic heterocycles. The third kappa shape index (κ3) is 1.73. The lowest BCUT2D eigenvalue weighted by Gasteiger charge is -2.61. The standard InChI is InChI=1S/C16H24N2O2/c17-14(20)15-5-10-4-11(6-15)8-16(7-10,9-15)18-13(19)12-2-1-3-12/h10-12H,1-9H2,(H2,17,20)(H,18,19). The predicted octanol–water partition coefficient (Wildman–Crippen LogP) is 1.73. The number of carbonyl (C=O) groups excluding carboxylic acids is 2. The zero-order valence-electron chi connectivity index (χ0n) is 12.0. The van der Waals surface area contributed by atoms with Gasteiger partial charge >= 0.3 is 0 Å². The number of hydrogen-bond acceptors (Lipinski definition) is 2. The van der Waals surface area contributed by atoms with Crippen LogP contribution in [-0.4, -0.2) is 17.4 Å². The van der Waals surface area contributed by atoms with Crippen LogP contribution in [0.3, 0.4) is 0 Å². The minimum atomic E-state index is -0.322. The number of amides is 2. The number of nitrogens with two attached hydrogens (primary N) is 1. The Balaban J connectivity index is 1.58. The quantitative estimate of drug-likeness (QED) is 0.824. The van der Waals surface area contributed by atoms with E-state index >= 15 is 0 Å². The summed E-state index contributed by atoms with van der Waals surface area (Å²) in [7, 11) is 0. The largest absolute Gasteiger partial charge is 0.369 e. The third-order valence-corrected chi connectivity index (χ3v) is 6.45. The van der Waals surface area contributed by atoms with Crippen molar-refractivity contribution in [2.24, 2.45) is 28.9 Å². The molecule has 5 aliphatic carbocycles. The van der Waals surface area contributed by atoms with E-state index in [1.165, 1.54) is 12.8 Å². The second kappa shape index (κ2) is 3.99. The van der Waals surface area contributed by atoms with E-state index in [-0.39, 0.29) is 28.7 Å². The van der Waals surface area contributed by atoms with Crippen molar-refractivity contribution in [3.8, 4) is 0 Å². The van der Waals surface area contributed by atoms with E-state index in [0.29, 0.717) is 11.8 Å². The van der Waals surface area contributed by atoms with Crippen LogP contribution >= 0.6 is 0 Å². The van der Waals surface area contributed by atoms with E-state index in [1.54, 1.807) is 0 Å². The van der Waals surface area contributed by atoms with Gasteiger partial charge in [-0.3, -0.25) is 9.59 Å². The molecule has 0 radical (unpaired) electrons. The first-order chi connectivity index (χ1) is 9.50. The SMILES string of the molecule is NC(=O)C12CC3CC(CC(NC(=O)C4CCC4)(C3)C1)C2. The van der Waals surface area contributed by atoms with Gasteiger partial charge in [0.2, 0.25) is 11.8 Å². The summed E-state index contributed by atoms with van der Waals surface area (Å²) in [5, 5.41) is 3.36. The molecule has 3 N–H and O–H groups in total. The summed E-state index contributed by atoms with van der Waals surface area (Å²) in [4.78, 5) is 24.3. The van der Waals surface area contributed by atoms with Crippen LogP contribution < -0.4 is 11.1 Å². The Labute approximate surface area is 119 Å². The minimum absolute atomic E-state index is 0.119. The summed E-state index contributed by atoms with van der Waals surface area (Å²) in [6.45, 7) is 0. The van der Waals surface area contributed by atoms with Gasteiger partial charge in [-0.2, -0.15) is 0 Å². The average molecular weight is 276 g/mol. The number of nitrogens with one attached hydrogen (secondary N) is 1. The molecule has 0 saturated heterocycles. The molecule has 2 amide bonds. The Morgan fingerprint density at radius 2 is 1.70 bits per heavy atom. The first-order valence-corrected chi connectivity index (χ1v) is 8.12. The topological polar surface area (TPSA) is 72.2 Å². The molecule has 5 aliphatic rings. The Morgan fingerprint density at radius 1 is 1.05 bits per heavy atom. The molecule has 4 heteroatoms. The maximum absolute atomic E-state index is 12.4. The van der Waals surface area contributed by atoms with E-state index in [9.17, 15) is 9.59 Å². The summed E-state index contributed by atoms with van der Waals surface area (Å²) < 4.78 is 0. The lowest BCUT2D eigenvalue weighted by Crippen LogP contribution is -2.66. The second-order valence-electron chi connectivity index (χ2n) is 8.00. The molecule has 0 heterocycles. The lowest BCUT2D eigenvalue weighted by atomic mass is 9.46. The summed E-state index contributed by atoms with van der Waals surface area (Å²) in [5.74, 6) is 1.51. The van der Waals surface area contributed by atoms with Crippen molar-refractivity contribution >= 4 is 11.8 Å². The van der Waals surface area contributed by atoms with Crippen LogP contribution in [0.4, 0.5) is 0 Å². The zero-order valence-corrected chi connectivity index (χ0v) is 12.0. The molecule has 5 fully saturated rings. The zero-order chi connectivity index (χ0) is 14.0. The van der Waals surface area contributed by atoms with Gasteiger partial charge in [0.05, 0.1) is 5.41 Å². The number of carbonyl (C=O) groups is 2. The minimum Gasteiger partial charge on any atom is -0.369 e. The van der Waals surface area contributed by atoms with Crippen molar-refractivity contribution in [1.82, 2.24) is 5.32 Å². The average Bonchev–Trinajstić information content (AvgIpc) is 2.22. The maximum atomic E-state index is 12.4. The fourth-order valence-corrected chi connectivity index (χ4v) is 5.73. The molecule has 0 spiro atoms. The molecule has 2 unspecified atom stereocenters. The van der Waals surface area contributed by atoms with E-state index in [1.807, 2.05) is 0 Å². The van der Waals surface area contributed by atoms with Crippen LogP contribution in [-0.2, 0) is 9.59 Å². The Bertz CT molecular complexity index is 455. The van der Waals surface area contributed by atoms with Crippen LogP contribution in [0.15, 0.2) is 0 Å². The number of rotatable bonds is 3. The second-order valence-corrected chi connectivity index (χ2v) is 8.00. The van der Waals surface area contributed by atoms with E-state index in [4.69, 9.17) is 5.73 Å². The highest BCUT2D eigenvalue weighted by atomic mass is 16.2. The fourth-order valence-electron chi connectivity index (χ4n) is 5.73. The molecule has 20 heavy (non-hydrogen) atoms. The molecule has 4 nitrogen and oxygen atoms in total. The third-order valence-electron chi connectivity index (χ3n) is 6.45. The van der Waals surface area contributed by atoms with E-state index in [2.05, 4.69) is 5.32 Å². The lowest BCUT2D eigenvalue weighted by molar-refractivity contribution is -0.152. The summed E-state index contributed by atoms with van der Waals surface area (Å²) >= 11 is 0. The van der Waals surface area contributed by atoms with Crippen molar-refractivity contribution in [3.63, 3.8) is 0 Å². The monoisotopic (exact) mass is 276 g/mol. The smallest absolute Gasteiger partial charge is 0.223 e. The maximum Gasteiger partial charge on any atom is 0.223 e. The Kier molecular flexibility index (Phi) is 2.52. The van der Waals surface area contributed by atoms with Crippen LogP contribution in [0.5, 0.6) is 0 Å². The first kappa shape index (κ1) is 12.7. The molecule has 0 aromatic heterocycles. The number of primary amides is 1.